The van der Waals surface area contributed by atoms with Crippen molar-refractivity contribution in [3.63, 3.8) is 0 Å². The molecule has 34 heavy (non-hydrogen) atoms. The summed E-state index contributed by atoms with van der Waals surface area (Å²) in [6.45, 7) is 7.05. The fourth-order valence-electron chi connectivity index (χ4n) is 3.66. The third-order valence-electron chi connectivity index (χ3n) is 5.43. The Morgan fingerprint density at radius 1 is 0.353 bits per heavy atom. The summed E-state index contributed by atoms with van der Waals surface area (Å²) < 4.78 is 35.0. The van der Waals surface area contributed by atoms with Gasteiger partial charge in [-0.1, -0.05) is 36.4 Å². The number of ether oxygens (including phenoxy) is 6. The van der Waals surface area contributed by atoms with Gasteiger partial charge in [-0.3, -0.25) is 0 Å². The van der Waals surface area contributed by atoms with Crippen molar-refractivity contribution in [2.24, 2.45) is 0 Å². The number of rotatable bonds is 0. The Bertz CT molecular complexity index is 715. The highest BCUT2D eigenvalue weighted by Gasteiger charge is 2.11. The number of hydrogen-bond acceptors (Lipinski definition) is 6. The van der Waals surface area contributed by atoms with E-state index < -0.39 is 0 Å². The van der Waals surface area contributed by atoms with Gasteiger partial charge in [-0.2, -0.15) is 0 Å². The predicted octanol–water partition coefficient (Wildman–Crippen LogP) is 5.53. The summed E-state index contributed by atoms with van der Waals surface area (Å²) in [5, 5.41) is 0. The SMILES string of the molecule is c1ccc2c(c1)OCCCOCCCOCCCCOCCCOCCCOc1ccccc1-2. The van der Waals surface area contributed by atoms with Crippen molar-refractivity contribution in [3.8, 4) is 22.6 Å². The molecule has 0 saturated heterocycles. The molecule has 2 aromatic rings. The molecule has 0 atom stereocenters. The van der Waals surface area contributed by atoms with E-state index in [-0.39, 0.29) is 0 Å². The van der Waals surface area contributed by atoms with Crippen molar-refractivity contribution in [3.05, 3.63) is 48.5 Å². The van der Waals surface area contributed by atoms with Crippen LogP contribution in [-0.4, -0.2) is 66.1 Å². The first-order valence-electron chi connectivity index (χ1n) is 12.7. The maximum Gasteiger partial charge on any atom is 0.127 e. The number of fused-ring (bicyclic) bond motifs is 3. The lowest BCUT2D eigenvalue weighted by Gasteiger charge is -2.15. The lowest BCUT2D eigenvalue weighted by atomic mass is 10.0. The Kier molecular flexibility index (Phi) is 13.5. The van der Waals surface area contributed by atoms with E-state index in [0.29, 0.717) is 39.6 Å². The Balaban J connectivity index is 1.53. The molecular weight excluding hydrogens is 432 g/mol. The minimum atomic E-state index is 0.607. The molecule has 0 N–H and O–H groups in total. The van der Waals surface area contributed by atoms with E-state index in [1.807, 2.05) is 36.4 Å². The fraction of sp³-hybridized carbons (Fsp3) is 0.571. The lowest BCUT2D eigenvalue weighted by molar-refractivity contribution is 0.0635. The van der Waals surface area contributed by atoms with Gasteiger partial charge in [-0.15, -0.1) is 0 Å². The van der Waals surface area contributed by atoms with E-state index in [2.05, 4.69) is 12.1 Å². The van der Waals surface area contributed by atoms with Crippen molar-refractivity contribution in [2.45, 2.75) is 38.5 Å². The zero-order valence-electron chi connectivity index (χ0n) is 20.4. The van der Waals surface area contributed by atoms with Crippen LogP contribution in [-0.2, 0) is 18.9 Å². The molecule has 0 spiro atoms. The predicted molar refractivity (Wildman–Crippen MR) is 134 cm³/mol. The van der Waals surface area contributed by atoms with Crippen molar-refractivity contribution >= 4 is 0 Å². The molecule has 0 radical (unpaired) electrons. The van der Waals surface area contributed by atoms with Crippen molar-refractivity contribution in [2.75, 3.05) is 66.1 Å². The van der Waals surface area contributed by atoms with Crippen molar-refractivity contribution in [1.82, 2.24) is 0 Å². The second-order valence-corrected chi connectivity index (χ2v) is 8.26. The summed E-state index contributed by atoms with van der Waals surface area (Å²) >= 11 is 0. The molecule has 188 valence electrons. The summed E-state index contributed by atoms with van der Waals surface area (Å²) in [6.07, 6.45) is 5.56. The molecule has 0 bridgehead atoms. The molecule has 6 nitrogen and oxygen atoms in total. The quantitative estimate of drug-likeness (QED) is 0.502. The van der Waals surface area contributed by atoms with Crippen LogP contribution in [0.5, 0.6) is 11.5 Å². The number of benzene rings is 2. The molecule has 0 aromatic heterocycles. The van der Waals surface area contributed by atoms with Crippen LogP contribution in [0.4, 0.5) is 0 Å². The van der Waals surface area contributed by atoms with Crippen molar-refractivity contribution in [1.29, 1.82) is 0 Å². The highest BCUT2D eigenvalue weighted by molar-refractivity contribution is 5.75. The summed E-state index contributed by atoms with van der Waals surface area (Å²) in [5.41, 5.74) is 2.07. The second-order valence-electron chi connectivity index (χ2n) is 8.26. The van der Waals surface area contributed by atoms with Crippen LogP contribution in [0.25, 0.3) is 11.1 Å². The maximum atomic E-state index is 6.11. The largest absolute Gasteiger partial charge is 0.493 e. The van der Waals surface area contributed by atoms with Crippen LogP contribution in [0.3, 0.4) is 0 Å². The summed E-state index contributed by atoms with van der Waals surface area (Å²) in [5.74, 6) is 1.72. The van der Waals surface area contributed by atoms with Gasteiger partial charge in [0.25, 0.3) is 0 Å². The minimum absolute atomic E-state index is 0.607. The van der Waals surface area contributed by atoms with E-state index in [1.165, 1.54) is 0 Å². The van der Waals surface area contributed by atoms with Crippen LogP contribution in [0.2, 0.25) is 0 Å². The van der Waals surface area contributed by atoms with E-state index in [1.54, 1.807) is 0 Å². The molecule has 0 aliphatic carbocycles. The Morgan fingerprint density at radius 3 is 1.09 bits per heavy atom. The summed E-state index contributed by atoms with van der Waals surface area (Å²) in [4.78, 5) is 0. The maximum absolute atomic E-state index is 6.11. The monoisotopic (exact) mass is 472 g/mol. The van der Waals surface area contributed by atoms with E-state index in [4.69, 9.17) is 28.4 Å². The molecule has 6 heteroatoms. The minimum Gasteiger partial charge on any atom is -0.493 e. The zero-order chi connectivity index (χ0) is 23.5. The van der Waals surface area contributed by atoms with E-state index in [0.717, 1.165) is 87.6 Å². The highest BCUT2D eigenvalue weighted by atomic mass is 16.5. The Labute approximate surface area is 204 Å². The van der Waals surface area contributed by atoms with Gasteiger partial charge in [-0.05, 0) is 37.8 Å². The fourth-order valence-corrected chi connectivity index (χ4v) is 3.66. The third-order valence-corrected chi connectivity index (χ3v) is 5.43. The van der Waals surface area contributed by atoms with Crippen molar-refractivity contribution < 1.29 is 28.4 Å². The van der Waals surface area contributed by atoms with E-state index in [9.17, 15) is 0 Å². The van der Waals surface area contributed by atoms with Crippen LogP contribution >= 0.6 is 0 Å². The average Bonchev–Trinajstić information content (AvgIpc) is 2.87. The first-order valence-corrected chi connectivity index (χ1v) is 12.7. The summed E-state index contributed by atoms with van der Waals surface area (Å²) in [6, 6.07) is 16.2. The van der Waals surface area contributed by atoms with E-state index >= 15 is 0 Å². The first kappa shape index (κ1) is 26.5. The van der Waals surface area contributed by atoms with Crippen LogP contribution in [0, 0.1) is 0 Å². The topological polar surface area (TPSA) is 55.4 Å². The van der Waals surface area contributed by atoms with Gasteiger partial charge in [0.2, 0.25) is 0 Å². The molecule has 3 rings (SSSR count). The van der Waals surface area contributed by atoms with Crippen LogP contribution in [0.15, 0.2) is 48.5 Å². The molecular formula is C28H40O6. The van der Waals surface area contributed by atoms with Gasteiger partial charge in [0.05, 0.1) is 13.2 Å². The van der Waals surface area contributed by atoms with Crippen LogP contribution in [0.1, 0.15) is 38.5 Å². The zero-order valence-corrected chi connectivity index (χ0v) is 20.4. The number of para-hydroxylation sites is 2. The van der Waals surface area contributed by atoms with Gasteiger partial charge >= 0.3 is 0 Å². The molecule has 0 amide bonds. The third kappa shape index (κ3) is 10.4. The average molecular weight is 473 g/mol. The Hall–Kier alpha value is -2.12. The van der Waals surface area contributed by atoms with Gasteiger partial charge in [-0.25, -0.2) is 0 Å². The number of hydrogen-bond donors (Lipinski definition) is 0. The molecule has 2 aromatic carbocycles. The van der Waals surface area contributed by atoms with Gasteiger partial charge in [0, 0.05) is 76.8 Å². The molecule has 1 heterocycles. The summed E-state index contributed by atoms with van der Waals surface area (Å²) in [7, 11) is 0. The molecule has 0 saturated carbocycles. The molecule has 0 fully saturated rings. The normalized spacial score (nSPS) is 19.1. The standard InChI is InChI=1S/C28H40O6/c1-3-13-27-25(11-1)26-12-2-4-14-28(26)34-24-10-22-32-20-8-18-30-16-6-5-15-29-17-7-19-31-21-9-23-33-27/h1-4,11-14H,5-10,15-24H2. The van der Waals surface area contributed by atoms with Crippen LogP contribution < -0.4 is 9.47 Å². The lowest BCUT2D eigenvalue weighted by Crippen LogP contribution is -2.08. The second kappa shape index (κ2) is 17.3. The van der Waals surface area contributed by atoms with Gasteiger partial charge < -0.3 is 28.4 Å². The molecule has 1 aliphatic heterocycles. The Morgan fingerprint density at radius 2 is 0.676 bits per heavy atom. The smallest absolute Gasteiger partial charge is 0.127 e. The molecule has 1 aliphatic rings. The first-order chi connectivity index (χ1) is 16.9. The van der Waals surface area contributed by atoms with Gasteiger partial charge in [0.15, 0.2) is 0 Å². The molecule has 0 unspecified atom stereocenters. The highest BCUT2D eigenvalue weighted by Crippen LogP contribution is 2.36. The van der Waals surface area contributed by atoms with Gasteiger partial charge in [0.1, 0.15) is 11.5 Å².